The van der Waals surface area contributed by atoms with Gasteiger partial charge >= 0.3 is 0 Å². The molecule has 0 saturated carbocycles. The zero-order chi connectivity index (χ0) is 30.8. The van der Waals surface area contributed by atoms with Crippen molar-refractivity contribution in [1.82, 2.24) is 14.9 Å². The second-order valence-electron chi connectivity index (χ2n) is 9.92. The van der Waals surface area contributed by atoms with Crippen LogP contribution >= 0.6 is 23.2 Å². The highest BCUT2D eigenvalue weighted by Gasteiger charge is 2.31. The molecule has 0 aliphatic rings. The number of rotatable bonds is 13. The van der Waals surface area contributed by atoms with Gasteiger partial charge in [0.2, 0.25) is 21.8 Å². The first-order valence-electron chi connectivity index (χ1n) is 13.9. The fourth-order valence-corrected chi connectivity index (χ4v) is 6.18. The molecule has 2 N–H and O–H groups in total. The van der Waals surface area contributed by atoms with Crippen LogP contribution in [0.4, 0.5) is 0 Å². The average Bonchev–Trinajstić information content (AvgIpc) is 3.00. The summed E-state index contributed by atoms with van der Waals surface area (Å²) >= 11 is 12.4. The lowest BCUT2D eigenvalue weighted by molar-refractivity contribution is -0.141. The number of sulfonamides is 1. The number of amides is 2. The summed E-state index contributed by atoms with van der Waals surface area (Å²) in [4.78, 5) is 29.5. The van der Waals surface area contributed by atoms with Crippen molar-refractivity contribution in [2.75, 3.05) is 6.54 Å². The van der Waals surface area contributed by atoms with E-state index in [9.17, 15) is 18.0 Å². The van der Waals surface area contributed by atoms with Crippen molar-refractivity contribution in [2.45, 2.75) is 43.8 Å². The number of carbonyl (C=O) groups is 2. The van der Waals surface area contributed by atoms with Crippen molar-refractivity contribution in [3.05, 3.63) is 135 Å². The first kappa shape index (κ1) is 32.2. The molecule has 0 unspecified atom stereocenters. The van der Waals surface area contributed by atoms with E-state index in [2.05, 4.69) is 10.0 Å². The van der Waals surface area contributed by atoms with Crippen molar-refractivity contribution >= 4 is 45.0 Å². The summed E-state index contributed by atoms with van der Waals surface area (Å²) < 4.78 is 27.1. The average molecular weight is 639 g/mol. The molecule has 0 aromatic heterocycles. The Morgan fingerprint density at radius 2 is 1.49 bits per heavy atom. The minimum Gasteiger partial charge on any atom is -0.350 e. The molecule has 7 nitrogen and oxygen atoms in total. The minimum absolute atomic E-state index is 0.117. The van der Waals surface area contributed by atoms with Gasteiger partial charge in [-0.2, -0.15) is 0 Å². The van der Waals surface area contributed by atoms with Crippen LogP contribution in [-0.4, -0.2) is 31.7 Å². The lowest BCUT2D eigenvalue weighted by Gasteiger charge is -2.32. The Bertz CT molecular complexity index is 1630. The Hall–Kier alpha value is -3.69. The quantitative estimate of drug-likeness (QED) is 0.180. The van der Waals surface area contributed by atoms with Crippen LogP contribution in [0.25, 0.3) is 0 Å². The first-order valence-corrected chi connectivity index (χ1v) is 16.1. The van der Waals surface area contributed by atoms with Gasteiger partial charge in [0, 0.05) is 36.1 Å². The van der Waals surface area contributed by atoms with Crippen LogP contribution < -0.4 is 10.0 Å². The third-order valence-corrected chi connectivity index (χ3v) is 9.00. The van der Waals surface area contributed by atoms with E-state index < -0.39 is 16.1 Å². The number of halogens is 2. The monoisotopic (exact) mass is 637 g/mol. The van der Waals surface area contributed by atoms with Gasteiger partial charge in [-0.05, 0) is 52.9 Å². The molecule has 2 amide bonds. The van der Waals surface area contributed by atoms with Crippen LogP contribution in [0.15, 0.2) is 108 Å². The zero-order valence-corrected chi connectivity index (χ0v) is 26.0. The third-order valence-electron chi connectivity index (χ3n) is 6.86. The Balaban J connectivity index is 1.59. The highest BCUT2D eigenvalue weighted by molar-refractivity contribution is 7.89. The van der Waals surface area contributed by atoms with Crippen LogP contribution in [0.5, 0.6) is 0 Å². The van der Waals surface area contributed by atoms with Gasteiger partial charge < -0.3 is 10.2 Å². The summed E-state index contributed by atoms with van der Waals surface area (Å²) in [5.74, 6) is -0.568. The molecule has 4 aromatic rings. The lowest BCUT2D eigenvalue weighted by atomic mass is 10.0. The van der Waals surface area contributed by atoms with E-state index in [1.54, 1.807) is 42.2 Å². The number of nitrogens with zero attached hydrogens (tertiary/aromatic N) is 1. The Kier molecular flexibility index (Phi) is 11.4. The summed E-state index contributed by atoms with van der Waals surface area (Å²) in [6, 6.07) is 29.3. The topological polar surface area (TPSA) is 95.6 Å². The zero-order valence-electron chi connectivity index (χ0n) is 23.7. The Labute approximate surface area is 262 Å². The molecule has 0 fully saturated rings. The molecular weight excluding hydrogens is 605 g/mol. The molecule has 43 heavy (non-hydrogen) atoms. The van der Waals surface area contributed by atoms with E-state index in [1.165, 1.54) is 12.1 Å². The molecular formula is C33H33Cl2N3O4S. The summed E-state index contributed by atoms with van der Waals surface area (Å²) in [5, 5.41) is 3.89. The summed E-state index contributed by atoms with van der Waals surface area (Å²) in [7, 11) is -3.57. The molecule has 4 aromatic carbocycles. The molecule has 0 aliphatic heterocycles. The molecule has 4 rings (SSSR count). The SMILES string of the molecule is CCNS(=O)(=O)c1ccc(CCC(=O)N(Cc2ccccc2)[C@H](C(=O)NCc2ccc(Cl)cc2Cl)c2ccccc2)cc1. The number of nitrogens with one attached hydrogen (secondary N) is 2. The van der Waals surface area contributed by atoms with Crippen LogP contribution in [0.1, 0.15) is 41.6 Å². The van der Waals surface area contributed by atoms with Gasteiger partial charge in [0.05, 0.1) is 4.90 Å². The van der Waals surface area contributed by atoms with Crippen molar-refractivity contribution in [2.24, 2.45) is 0 Å². The number of hydrogen-bond acceptors (Lipinski definition) is 4. The molecule has 224 valence electrons. The first-order chi connectivity index (χ1) is 20.7. The van der Waals surface area contributed by atoms with Crippen molar-refractivity contribution in [3.63, 3.8) is 0 Å². The molecule has 0 heterocycles. The lowest BCUT2D eigenvalue weighted by Crippen LogP contribution is -2.43. The highest BCUT2D eigenvalue weighted by atomic mass is 35.5. The summed E-state index contributed by atoms with van der Waals surface area (Å²) in [6.45, 7) is 2.38. The van der Waals surface area contributed by atoms with Crippen molar-refractivity contribution in [1.29, 1.82) is 0 Å². The van der Waals surface area contributed by atoms with E-state index in [1.807, 2.05) is 60.7 Å². The molecule has 1 atom stereocenters. The van der Waals surface area contributed by atoms with Gasteiger partial charge in [0.25, 0.3) is 0 Å². The van der Waals surface area contributed by atoms with Crippen LogP contribution in [0.3, 0.4) is 0 Å². The van der Waals surface area contributed by atoms with Gasteiger partial charge in [-0.1, -0.05) is 109 Å². The number of hydrogen-bond donors (Lipinski definition) is 2. The van der Waals surface area contributed by atoms with E-state index in [0.29, 0.717) is 34.1 Å². The number of aryl methyl sites for hydroxylation is 1. The maximum atomic E-state index is 13.9. The van der Waals surface area contributed by atoms with Crippen molar-refractivity contribution < 1.29 is 18.0 Å². The standard InChI is InChI=1S/C33H33Cl2N3O4S/c1-2-37-43(41,42)29-18-13-24(14-19-29)15-20-31(39)38(23-25-9-5-3-6-10-25)32(26-11-7-4-8-12-26)33(40)36-22-27-16-17-28(34)21-30(27)35/h3-14,16-19,21,32,37H,2,15,20,22-23H2,1H3,(H,36,40)/t32-/m0/s1. The highest BCUT2D eigenvalue weighted by Crippen LogP contribution is 2.26. The molecule has 10 heteroatoms. The van der Waals surface area contributed by atoms with Crippen LogP contribution in [0, 0.1) is 0 Å². The molecule has 0 spiro atoms. The van der Waals surface area contributed by atoms with Gasteiger partial charge in [-0.15, -0.1) is 0 Å². The van der Waals surface area contributed by atoms with Gasteiger partial charge in [0.1, 0.15) is 6.04 Å². The molecule has 0 bridgehead atoms. The molecule has 0 saturated heterocycles. The number of carbonyl (C=O) groups excluding carboxylic acids is 2. The Morgan fingerprint density at radius 3 is 2.12 bits per heavy atom. The van der Waals surface area contributed by atoms with E-state index >= 15 is 0 Å². The molecule has 0 radical (unpaired) electrons. The summed E-state index contributed by atoms with van der Waals surface area (Å²) in [5.41, 5.74) is 3.06. The maximum absolute atomic E-state index is 13.9. The predicted molar refractivity (Wildman–Crippen MR) is 170 cm³/mol. The Morgan fingerprint density at radius 1 is 0.837 bits per heavy atom. The van der Waals surface area contributed by atoms with E-state index in [-0.39, 0.29) is 36.2 Å². The van der Waals surface area contributed by atoms with Crippen LogP contribution in [-0.2, 0) is 39.1 Å². The fourth-order valence-electron chi connectivity index (χ4n) is 4.66. The fraction of sp³-hybridized carbons (Fsp3) is 0.212. The second-order valence-corrected chi connectivity index (χ2v) is 12.5. The predicted octanol–water partition coefficient (Wildman–Crippen LogP) is 6.31. The van der Waals surface area contributed by atoms with Gasteiger partial charge in [0.15, 0.2) is 0 Å². The summed E-state index contributed by atoms with van der Waals surface area (Å²) in [6.07, 6.45) is 0.487. The largest absolute Gasteiger partial charge is 0.350 e. The maximum Gasteiger partial charge on any atom is 0.247 e. The van der Waals surface area contributed by atoms with E-state index in [4.69, 9.17) is 23.2 Å². The second kappa shape index (κ2) is 15.2. The van der Waals surface area contributed by atoms with Gasteiger partial charge in [-0.3, -0.25) is 9.59 Å². The normalized spacial score (nSPS) is 12.0. The molecule has 0 aliphatic carbocycles. The minimum atomic E-state index is -3.57. The van der Waals surface area contributed by atoms with E-state index in [0.717, 1.165) is 11.1 Å². The van der Waals surface area contributed by atoms with Gasteiger partial charge in [-0.25, -0.2) is 13.1 Å². The van der Waals surface area contributed by atoms with Crippen molar-refractivity contribution in [3.8, 4) is 0 Å². The number of benzene rings is 4. The smallest absolute Gasteiger partial charge is 0.247 e. The van der Waals surface area contributed by atoms with Crippen LogP contribution in [0.2, 0.25) is 10.0 Å². The third kappa shape index (κ3) is 8.91.